The van der Waals surface area contributed by atoms with Gasteiger partial charge in [0.25, 0.3) is 5.69 Å². The molecule has 0 aromatic heterocycles. The summed E-state index contributed by atoms with van der Waals surface area (Å²) >= 11 is 0. The van der Waals surface area contributed by atoms with Crippen LogP contribution in [0.2, 0.25) is 0 Å². The molecule has 0 unspecified atom stereocenters. The van der Waals surface area contributed by atoms with Crippen LogP contribution in [0.25, 0.3) is 0 Å². The van der Waals surface area contributed by atoms with Crippen LogP contribution in [0.15, 0.2) is 36.4 Å². The second-order valence-corrected chi connectivity index (χ2v) is 7.51. The fraction of sp³-hybridized carbons (Fsp3) is 0.273. The number of nitro benzene ring substituents is 1. The maximum atomic E-state index is 13.9. The zero-order valence-electron chi connectivity index (χ0n) is 19.5. The van der Waals surface area contributed by atoms with Gasteiger partial charge in [-0.25, -0.2) is 4.39 Å². The third kappa shape index (κ3) is 8.81. The van der Waals surface area contributed by atoms with Crippen LogP contribution < -0.4 is 19.3 Å². The number of hydrogen-bond donors (Lipinski definition) is 4. The molecule has 38 heavy (non-hydrogen) atoms. The predicted molar refractivity (Wildman–Crippen MR) is 125 cm³/mol. The number of nitrogens with zero attached hydrogens (tertiary/aromatic N) is 3. The SMILES string of the molecule is O=C(O)CN(CC(=O)O)c1ccc(F)cc1OCCOc1cc([N+](=O)[O-])ccc1N(CC(=O)O)CC(=O)O. The molecule has 0 fully saturated rings. The fourth-order valence-electron chi connectivity index (χ4n) is 3.27. The third-order valence-electron chi connectivity index (χ3n) is 4.66. The maximum absolute atomic E-state index is 13.9. The molecule has 0 aliphatic heterocycles. The Balaban J connectivity index is 2.27. The Bertz CT molecular complexity index is 1190. The Kier molecular flexibility index (Phi) is 10.1. The lowest BCUT2D eigenvalue weighted by molar-refractivity contribution is -0.384. The van der Waals surface area contributed by atoms with Crippen molar-refractivity contribution in [2.24, 2.45) is 0 Å². The first-order valence-electron chi connectivity index (χ1n) is 10.6. The van der Waals surface area contributed by atoms with Gasteiger partial charge in [-0.05, 0) is 18.2 Å². The number of carboxylic acids is 4. The standard InChI is InChI=1S/C22H22FN3O12/c23-13-1-3-15(24(9-19(27)28)10-20(29)30)17(7-13)37-5-6-38-18-8-14(26(35)36)2-4-16(18)25(11-21(31)32)12-22(33)34/h1-4,7-8H,5-6,9-12H2,(H,27,28)(H,29,30)(H,31,32)(H,33,34). The molecule has 4 N–H and O–H groups in total. The zero-order valence-corrected chi connectivity index (χ0v) is 19.5. The van der Waals surface area contributed by atoms with Gasteiger partial charge in [-0.1, -0.05) is 0 Å². The molecule has 0 radical (unpaired) electrons. The molecule has 0 atom stereocenters. The summed E-state index contributed by atoms with van der Waals surface area (Å²) < 4.78 is 24.8. The van der Waals surface area contributed by atoms with Crippen molar-refractivity contribution in [2.45, 2.75) is 0 Å². The lowest BCUT2D eigenvalue weighted by atomic mass is 10.2. The number of rotatable bonds is 16. The van der Waals surface area contributed by atoms with Crippen molar-refractivity contribution in [3.8, 4) is 11.5 Å². The van der Waals surface area contributed by atoms with Crippen LogP contribution in [-0.2, 0) is 19.2 Å². The molecule has 2 aromatic rings. The highest BCUT2D eigenvalue weighted by molar-refractivity contribution is 5.82. The van der Waals surface area contributed by atoms with Crippen molar-refractivity contribution in [2.75, 3.05) is 49.2 Å². The molecule has 204 valence electrons. The van der Waals surface area contributed by atoms with Crippen molar-refractivity contribution in [3.63, 3.8) is 0 Å². The molecule has 0 amide bonds. The second kappa shape index (κ2) is 13.2. The van der Waals surface area contributed by atoms with Crippen molar-refractivity contribution in [1.29, 1.82) is 0 Å². The summed E-state index contributed by atoms with van der Waals surface area (Å²) in [6.07, 6.45) is 0. The quantitative estimate of drug-likeness (QED) is 0.134. The molecule has 0 saturated heterocycles. The number of aliphatic carboxylic acids is 4. The highest BCUT2D eigenvalue weighted by Gasteiger charge is 2.22. The van der Waals surface area contributed by atoms with E-state index in [0.717, 1.165) is 46.2 Å². The van der Waals surface area contributed by atoms with Crippen LogP contribution in [0.3, 0.4) is 0 Å². The summed E-state index contributed by atoms with van der Waals surface area (Å²) in [4.78, 5) is 57.0. The largest absolute Gasteiger partial charge is 0.488 e. The van der Waals surface area contributed by atoms with E-state index in [1.165, 1.54) is 0 Å². The normalized spacial score (nSPS) is 10.3. The fourth-order valence-corrected chi connectivity index (χ4v) is 3.27. The van der Waals surface area contributed by atoms with E-state index in [4.69, 9.17) is 29.9 Å². The van der Waals surface area contributed by atoms with Crippen molar-refractivity contribution >= 4 is 40.9 Å². The van der Waals surface area contributed by atoms with Crippen LogP contribution in [0.1, 0.15) is 0 Å². The molecule has 0 aliphatic rings. The van der Waals surface area contributed by atoms with Gasteiger partial charge in [-0.3, -0.25) is 29.3 Å². The number of anilines is 2. The van der Waals surface area contributed by atoms with E-state index in [9.17, 15) is 33.7 Å². The van der Waals surface area contributed by atoms with E-state index in [0.29, 0.717) is 0 Å². The van der Waals surface area contributed by atoms with Gasteiger partial charge in [0, 0.05) is 12.1 Å². The summed E-state index contributed by atoms with van der Waals surface area (Å²) in [5.41, 5.74) is -0.539. The molecule has 0 bridgehead atoms. The Labute approximate surface area is 213 Å². The first kappa shape index (κ1) is 29.1. The Morgan fingerprint density at radius 1 is 0.737 bits per heavy atom. The molecule has 0 aliphatic carbocycles. The number of halogens is 1. The smallest absolute Gasteiger partial charge is 0.323 e. The Morgan fingerprint density at radius 3 is 1.53 bits per heavy atom. The van der Waals surface area contributed by atoms with Crippen LogP contribution >= 0.6 is 0 Å². The molecule has 2 aromatic carbocycles. The summed E-state index contributed by atoms with van der Waals surface area (Å²) in [5.74, 6) is -6.66. The van der Waals surface area contributed by atoms with Gasteiger partial charge in [0.1, 0.15) is 56.7 Å². The summed E-state index contributed by atoms with van der Waals surface area (Å²) in [5, 5.41) is 47.6. The maximum Gasteiger partial charge on any atom is 0.323 e. The van der Waals surface area contributed by atoms with Crippen LogP contribution in [0.4, 0.5) is 21.5 Å². The highest BCUT2D eigenvalue weighted by atomic mass is 19.1. The molecular weight excluding hydrogens is 517 g/mol. The van der Waals surface area contributed by atoms with E-state index >= 15 is 0 Å². The average molecular weight is 539 g/mol. The van der Waals surface area contributed by atoms with Crippen molar-refractivity contribution in [3.05, 3.63) is 52.3 Å². The van der Waals surface area contributed by atoms with Crippen molar-refractivity contribution < 1.29 is 58.4 Å². The summed E-state index contributed by atoms with van der Waals surface area (Å²) in [7, 11) is 0. The first-order chi connectivity index (χ1) is 17.9. The zero-order chi connectivity index (χ0) is 28.4. The van der Waals surface area contributed by atoms with Gasteiger partial charge in [0.05, 0.1) is 22.4 Å². The van der Waals surface area contributed by atoms with Gasteiger partial charge in [0.2, 0.25) is 0 Å². The molecule has 16 heteroatoms. The van der Waals surface area contributed by atoms with E-state index in [1.54, 1.807) is 0 Å². The van der Waals surface area contributed by atoms with Crippen LogP contribution in [0, 0.1) is 15.9 Å². The Hall–Kier alpha value is -5.15. The molecule has 0 saturated carbocycles. The number of ether oxygens (including phenoxy) is 2. The van der Waals surface area contributed by atoms with Gasteiger partial charge in [-0.15, -0.1) is 0 Å². The van der Waals surface area contributed by atoms with E-state index in [2.05, 4.69) is 0 Å². The number of benzene rings is 2. The highest BCUT2D eigenvalue weighted by Crippen LogP contribution is 2.33. The predicted octanol–water partition coefficient (Wildman–Crippen LogP) is 1.14. The van der Waals surface area contributed by atoms with Crippen LogP contribution in [0.5, 0.6) is 11.5 Å². The topological polar surface area (TPSA) is 217 Å². The average Bonchev–Trinajstić information content (AvgIpc) is 2.79. The first-order valence-corrected chi connectivity index (χ1v) is 10.6. The van der Waals surface area contributed by atoms with Gasteiger partial charge in [-0.2, -0.15) is 0 Å². The summed E-state index contributed by atoms with van der Waals surface area (Å²) in [6.45, 7) is -3.70. The minimum absolute atomic E-state index is 0.0404. The number of nitro groups is 1. The molecule has 2 rings (SSSR count). The monoisotopic (exact) mass is 539 g/mol. The van der Waals surface area contributed by atoms with Crippen molar-refractivity contribution in [1.82, 2.24) is 0 Å². The van der Waals surface area contributed by atoms with E-state index < -0.39 is 66.5 Å². The second-order valence-electron chi connectivity index (χ2n) is 7.51. The lowest BCUT2D eigenvalue weighted by Gasteiger charge is -2.24. The molecule has 0 heterocycles. The van der Waals surface area contributed by atoms with Gasteiger partial charge in [0.15, 0.2) is 0 Å². The molecular formula is C22H22FN3O12. The number of carboxylic acid groups (broad SMARTS) is 4. The molecule has 0 spiro atoms. The summed E-state index contributed by atoms with van der Waals surface area (Å²) in [6, 6.07) is 6.12. The number of non-ortho nitro benzene ring substituents is 1. The third-order valence-corrected chi connectivity index (χ3v) is 4.66. The molecule has 15 nitrogen and oxygen atoms in total. The minimum Gasteiger partial charge on any atom is -0.488 e. The minimum atomic E-state index is -1.37. The number of carbonyl (C=O) groups is 4. The van der Waals surface area contributed by atoms with E-state index in [-0.39, 0.29) is 36.1 Å². The number of hydrogen-bond acceptors (Lipinski definition) is 10. The van der Waals surface area contributed by atoms with Gasteiger partial charge >= 0.3 is 23.9 Å². The Morgan fingerprint density at radius 2 is 1.13 bits per heavy atom. The lowest BCUT2D eigenvalue weighted by Crippen LogP contribution is -2.35. The van der Waals surface area contributed by atoms with Crippen LogP contribution in [-0.4, -0.2) is 88.6 Å². The van der Waals surface area contributed by atoms with E-state index in [1.807, 2.05) is 0 Å². The van der Waals surface area contributed by atoms with Gasteiger partial charge < -0.3 is 39.7 Å².